The minimum absolute atomic E-state index is 0.0109. The molecule has 0 saturated heterocycles. The lowest BCUT2D eigenvalue weighted by atomic mass is 9.96. The number of carbonyl (C=O) groups is 1. The van der Waals surface area contributed by atoms with Gasteiger partial charge in [0.25, 0.3) is 0 Å². The summed E-state index contributed by atoms with van der Waals surface area (Å²) in [5.74, 6) is 0.242. The summed E-state index contributed by atoms with van der Waals surface area (Å²) in [6.07, 6.45) is 1.02. The Morgan fingerprint density at radius 3 is 2.38 bits per heavy atom. The van der Waals surface area contributed by atoms with Crippen molar-refractivity contribution in [3.63, 3.8) is 0 Å². The Bertz CT molecular complexity index is 349. The van der Waals surface area contributed by atoms with Crippen molar-refractivity contribution >= 4 is 5.78 Å². The number of benzene rings is 1. The average molecular weight is 220 g/mol. The third kappa shape index (κ3) is 3.46. The van der Waals surface area contributed by atoms with Crippen LogP contribution in [0.25, 0.3) is 0 Å². The van der Waals surface area contributed by atoms with Gasteiger partial charge >= 0.3 is 0 Å². The van der Waals surface area contributed by atoms with Crippen LogP contribution >= 0.6 is 0 Å². The molecule has 0 saturated carbocycles. The second-order valence-corrected chi connectivity index (χ2v) is 4.34. The molecule has 0 heterocycles. The van der Waals surface area contributed by atoms with Gasteiger partial charge in [-0.15, -0.1) is 0 Å². The molecule has 1 aromatic rings. The molecule has 0 bridgehead atoms. The highest BCUT2D eigenvalue weighted by Crippen LogP contribution is 2.15. The zero-order valence-corrected chi connectivity index (χ0v) is 10.5. The van der Waals surface area contributed by atoms with Crippen molar-refractivity contribution in [3.05, 3.63) is 34.9 Å². The predicted octanol–water partition coefficient (Wildman–Crippen LogP) is 2.84. The predicted molar refractivity (Wildman–Crippen MR) is 65.7 cm³/mol. The quantitative estimate of drug-likeness (QED) is 0.762. The first kappa shape index (κ1) is 12.9. The molecule has 0 aliphatic rings. The van der Waals surface area contributed by atoms with Crippen LogP contribution in [0.5, 0.6) is 0 Å². The number of hydrogen-bond donors (Lipinski definition) is 0. The van der Waals surface area contributed by atoms with E-state index in [1.165, 1.54) is 11.1 Å². The summed E-state index contributed by atoms with van der Waals surface area (Å²) < 4.78 is 5.10. The van der Waals surface area contributed by atoms with Crippen molar-refractivity contribution in [1.29, 1.82) is 0 Å². The number of ether oxygens (including phenoxy) is 1. The summed E-state index contributed by atoms with van der Waals surface area (Å²) >= 11 is 0. The number of ketones is 1. The molecule has 1 unspecified atom stereocenters. The van der Waals surface area contributed by atoms with E-state index in [2.05, 4.69) is 26.0 Å². The lowest BCUT2D eigenvalue weighted by Gasteiger charge is -2.11. The SMILES string of the molecule is COC(C)CC(=O)Cc1c(C)cccc1C. The van der Waals surface area contributed by atoms with Gasteiger partial charge < -0.3 is 4.74 Å². The molecular weight excluding hydrogens is 200 g/mol. The van der Waals surface area contributed by atoms with Gasteiger partial charge in [-0.25, -0.2) is 0 Å². The Labute approximate surface area is 97.6 Å². The van der Waals surface area contributed by atoms with Crippen molar-refractivity contribution < 1.29 is 9.53 Å². The number of Topliss-reactive ketones (excluding diaryl/α,β-unsaturated/α-hetero) is 1. The van der Waals surface area contributed by atoms with Crippen LogP contribution in [0.15, 0.2) is 18.2 Å². The molecule has 88 valence electrons. The summed E-state index contributed by atoms with van der Waals surface area (Å²) in [4.78, 5) is 11.8. The fourth-order valence-electron chi connectivity index (χ4n) is 1.80. The molecule has 2 heteroatoms. The molecule has 1 rings (SSSR count). The second kappa shape index (κ2) is 5.80. The van der Waals surface area contributed by atoms with Gasteiger partial charge in [-0.05, 0) is 37.5 Å². The Hall–Kier alpha value is -1.15. The van der Waals surface area contributed by atoms with E-state index in [0.717, 1.165) is 5.56 Å². The fourth-order valence-corrected chi connectivity index (χ4v) is 1.80. The van der Waals surface area contributed by atoms with E-state index in [9.17, 15) is 4.79 Å². The van der Waals surface area contributed by atoms with Crippen LogP contribution < -0.4 is 0 Å². The monoisotopic (exact) mass is 220 g/mol. The molecule has 0 fully saturated rings. The largest absolute Gasteiger partial charge is 0.381 e. The molecule has 1 atom stereocenters. The lowest BCUT2D eigenvalue weighted by molar-refractivity contribution is -0.120. The minimum Gasteiger partial charge on any atom is -0.381 e. The minimum atomic E-state index is 0.0109. The smallest absolute Gasteiger partial charge is 0.139 e. The van der Waals surface area contributed by atoms with Crippen LogP contribution in [-0.2, 0) is 16.0 Å². The van der Waals surface area contributed by atoms with Gasteiger partial charge in [-0.2, -0.15) is 0 Å². The molecule has 0 N–H and O–H groups in total. The highest BCUT2D eigenvalue weighted by atomic mass is 16.5. The van der Waals surface area contributed by atoms with Crippen LogP contribution in [0.3, 0.4) is 0 Å². The maximum Gasteiger partial charge on any atom is 0.139 e. The van der Waals surface area contributed by atoms with E-state index >= 15 is 0 Å². The molecule has 0 radical (unpaired) electrons. The number of methoxy groups -OCH3 is 1. The van der Waals surface area contributed by atoms with Gasteiger partial charge in [-0.3, -0.25) is 4.79 Å². The van der Waals surface area contributed by atoms with E-state index in [0.29, 0.717) is 12.8 Å². The third-order valence-electron chi connectivity index (χ3n) is 2.94. The lowest BCUT2D eigenvalue weighted by Crippen LogP contribution is -2.15. The zero-order valence-electron chi connectivity index (χ0n) is 10.5. The van der Waals surface area contributed by atoms with Crippen molar-refractivity contribution in [2.75, 3.05) is 7.11 Å². The molecule has 1 aromatic carbocycles. The van der Waals surface area contributed by atoms with E-state index in [1.807, 2.05) is 13.0 Å². The van der Waals surface area contributed by atoms with Crippen LogP contribution in [0, 0.1) is 13.8 Å². The van der Waals surface area contributed by atoms with Crippen molar-refractivity contribution in [1.82, 2.24) is 0 Å². The summed E-state index contributed by atoms with van der Waals surface area (Å²) in [6.45, 7) is 6.02. The average Bonchev–Trinajstić information content (AvgIpc) is 2.23. The molecular formula is C14H20O2. The van der Waals surface area contributed by atoms with E-state index in [1.54, 1.807) is 7.11 Å². The first-order valence-electron chi connectivity index (χ1n) is 5.64. The highest BCUT2D eigenvalue weighted by molar-refractivity contribution is 5.82. The number of aryl methyl sites for hydroxylation is 2. The van der Waals surface area contributed by atoms with Gasteiger partial charge in [0, 0.05) is 20.0 Å². The van der Waals surface area contributed by atoms with E-state index in [-0.39, 0.29) is 11.9 Å². The second-order valence-electron chi connectivity index (χ2n) is 4.34. The maximum atomic E-state index is 11.8. The Kier molecular flexibility index (Phi) is 4.69. The fraction of sp³-hybridized carbons (Fsp3) is 0.500. The van der Waals surface area contributed by atoms with Crippen molar-refractivity contribution in [2.45, 2.75) is 39.7 Å². The van der Waals surface area contributed by atoms with Gasteiger partial charge in [0.05, 0.1) is 6.10 Å². The summed E-state index contributed by atoms with van der Waals surface area (Å²) in [5, 5.41) is 0. The topological polar surface area (TPSA) is 26.3 Å². The van der Waals surface area contributed by atoms with Gasteiger partial charge in [0.1, 0.15) is 5.78 Å². The van der Waals surface area contributed by atoms with E-state index in [4.69, 9.17) is 4.74 Å². The first-order valence-corrected chi connectivity index (χ1v) is 5.64. The van der Waals surface area contributed by atoms with Gasteiger partial charge in [-0.1, -0.05) is 18.2 Å². The zero-order chi connectivity index (χ0) is 12.1. The van der Waals surface area contributed by atoms with Crippen LogP contribution in [0.1, 0.15) is 30.0 Å². The molecule has 16 heavy (non-hydrogen) atoms. The van der Waals surface area contributed by atoms with Crippen molar-refractivity contribution in [2.24, 2.45) is 0 Å². The Morgan fingerprint density at radius 1 is 1.31 bits per heavy atom. The van der Waals surface area contributed by atoms with Crippen LogP contribution in [0.2, 0.25) is 0 Å². The molecule has 0 aliphatic carbocycles. The van der Waals surface area contributed by atoms with Gasteiger partial charge in [0.2, 0.25) is 0 Å². The number of carbonyl (C=O) groups excluding carboxylic acids is 1. The van der Waals surface area contributed by atoms with Crippen molar-refractivity contribution in [3.8, 4) is 0 Å². The normalized spacial score (nSPS) is 12.5. The van der Waals surface area contributed by atoms with Crippen LogP contribution in [-0.4, -0.2) is 19.0 Å². The Morgan fingerprint density at radius 2 is 1.88 bits per heavy atom. The maximum absolute atomic E-state index is 11.8. The summed E-state index contributed by atoms with van der Waals surface area (Å²) in [7, 11) is 1.64. The third-order valence-corrected chi connectivity index (χ3v) is 2.94. The molecule has 0 spiro atoms. The van der Waals surface area contributed by atoms with Gasteiger partial charge in [0.15, 0.2) is 0 Å². The standard InChI is InChI=1S/C14H20O2/c1-10-6-5-7-11(2)14(10)9-13(15)8-12(3)16-4/h5-7,12H,8-9H2,1-4H3. The Balaban J connectivity index is 2.70. The number of rotatable bonds is 5. The molecule has 0 amide bonds. The summed E-state index contributed by atoms with van der Waals surface area (Å²) in [6, 6.07) is 6.13. The highest BCUT2D eigenvalue weighted by Gasteiger charge is 2.11. The molecule has 2 nitrogen and oxygen atoms in total. The molecule has 0 aliphatic heterocycles. The van der Waals surface area contributed by atoms with Crippen LogP contribution in [0.4, 0.5) is 0 Å². The summed E-state index contributed by atoms with van der Waals surface area (Å²) in [5.41, 5.74) is 3.55. The number of hydrogen-bond acceptors (Lipinski definition) is 2. The molecule has 0 aromatic heterocycles. The van der Waals surface area contributed by atoms with E-state index < -0.39 is 0 Å². The first-order chi connectivity index (χ1) is 7.54.